The third kappa shape index (κ3) is 3.29. The van der Waals surface area contributed by atoms with Crippen LogP contribution in [0.25, 0.3) is 0 Å². The average molecular weight is 391 g/mol. The van der Waals surface area contributed by atoms with E-state index >= 15 is 0 Å². The molecule has 140 valence electrons. The van der Waals surface area contributed by atoms with Gasteiger partial charge in [0.1, 0.15) is 5.78 Å². The molecule has 4 aliphatic rings. The van der Waals surface area contributed by atoms with E-state index in [0.29, 0.717) is 36.4 Å². The zero-order valence-electron chi connectivity index (χ0n) is 16.0. The van der Waals surface area contributed by atoms with Crippen molar-refractivity contribution in [1.82, 2.24) is 0 Å². The molecular formula is C19H28NaO5S+. The maximum absolute atomic E-state index is 12.4. The van der Waals surface area contributed by atoms with Gasteiger partial charge in [-0.25, -0.2) is 4.18 Å². The van der Waals surface area contributed by atoms with Crippen LogP contribution in [0.2, 0.25) is 0 Å². The van der Waals surface area contributed by atoms with Crippen molar-refractivity contribution in [2.24, 2.45) is 28.6 Å². The Morgan fingerprint density at radius 2 is 1.77 bits per heavy atom. The standard InChI is InChI=1S/C19H28O5S.Na/c1-18-9-7-13(24-25(21,22)23)11-12(18)3-4-14-15-5-6-17(20)19(15,2)10-8-16(14)18;/h3,13-16H,4-11H2,1-2H3,(H,21,22,23);/q;+1/t13-,14-,15-,16-,18-,19-;/m0./s1. The Balaban J connectivity index is 0.00000196. The van der Waals surface area contributed by atoms with Crippen LogP contribution in [-0.2, 0) is 19.4 Å². The number of rotatable bonds is 2. The summed E-state index contributed by atoms with van der Waals surface area (Å²) in [6.45, 7) is 4.50. The van der Waals surface area contributed by atoms with Gasteiger partial charge >= 0.3 is 40.0 Å². The van der Waals surface area contributed by atoms with E-state index in [1.807, 2.05) is 0 Å². The Labute approximate surface area is 178 Å². The molecule has 0 aromatic carbocycles. The Hall–Kier alpha value is 0.280. The molecule has 0 bridgehead atoms. The van der Waals surface area contributed by atoms with Crippen molar-refractivity contribution in [3.8, 4) is 0 Å². The van der Waals surface area contributed by atoms with Gasteiger partial charge in [0.15, 0.2) is 0 Å². The van der Waals surface area contributed by atoms with Gasteiger partial charge in [0.25, 0.3) is 0 Å². The molecule has 4 aliphatic carbocycles. The molecule has 0 saturated heterocycles. The zero-order chi connectivity index (χ0) is 18.0. The maximum atomic E-state index is 12.4. The summed E-state index contributed by atoms with van der Waals surface area (Å²) in [6.07, 6.45) is 8.79. The van der Waals surface area contributed by atoms with Crippen LogP contribution in [0.5, 0.6) is 0 Å². The van der Waals surface area contributed by atoms with E-state index in [1.54, 1.807) is 0 Å². The number of allylic oxidation sites excluding steroid dienone is 1. The van der Waals surface area contributed by atoms with Crippen LogP contribution in [0.15, 0.2) is 11.6 Å². The molecule has 4 rings (SSSR count). The van der Waals surface area contributed by atoms with Gasteiger partial charge in [-0.05, 0) is 68.1 Å². The molecule has 0 amide bonds. The summed E-state index contributed by atoms with van der Waals surface area (Å²) in [5.41, 5.74) is 1.25. The second-order valence-electron chi connectivity index (χ2n) is 9.07. The summed E-state index contributed by atoms with van der Waals surface area (Å²) in [6, 6.07) is 0. The van der Waals surface area contributed by atoms with Crippen molar-refractivity contribution in [1.29, 1.82) is 0 Å². The molecule has 3 saturated carbocycles. The summed E-state index contributed by atoms with van der Waals surface area (Å²) in [5, 5.41) is 0. The summed E-state index contributed by atoms with van der Waals surface area (Å²) in [7, 11) is -4.40. The van der Waals surface area contributed by atoms with Crippen LogP contribution in [0.1, 0.15) is 65.2 Å². The van der Waals surface area contributed by atoms with Gasteiger partial charge in [-0.15, -0.1) is 0 Å². The van der Waals surface area contributed by atoms with E-state index in [9.17, 15) is 13.2 Å². The fourth-order valence-electron chi connectivity index (χ4n) is 6.65. The van der Waals surface area contributed by atoms with Gasteiger partial charge in [-0.1, -0.05) is 25.5 Å². The van der Waals surface area contributed by atoms with E-state index in [1.165, 1.54) is 5.57 Å². The first-order valence-corrected chi connectivity index (χ1v) is 10.9. The molecule has 3 fully saturated rings. The van der Waals surface area contributed by atoms with Gasteiger partial charge in [0.05, 0.1) is 6.10 Å². The number of hydrogen-bond donors (Lipinski definition) is 1. The molecule has 5 nitrogen and oxygen atoms in total. The molecule has 0 unspecified atom stereocenters. The summed E-state index contributed by atoms with van der Waals surface area (Å²) in [4.78, 5) is 12.4. The van der Waals surface area contributed by atoms with Crippen LogP contribution in [-0.4, -0.2) is 24.9 Å². The van der Waals surface area contributed by atoms with Gasteiger partial charge in [-0.2, -0.15) is 8.42 Å². The van der Waals surface area contributed by atoms with Crippen LogP contribution >= 0.6 is 0 Å². The third-order valence-corrected chi connectivity index (χ3v) is 8.54. The molecule has 0 aromatic heterocycles. The predicted molar refractivity (Wildman–Crippen MR) is 93.1 cm³/mol. The molecule has 7 heteroatoms. The van der Waals surface area contributed by atoms with E-state index in [4.69, 9.17) is 8.74 Å². The zero-order valence-corrected chi connectivity index (χ0v) is 18.8. The van der Waals surface area contributed by atoms with Gasteiger partial charge in [-0.3, -0.25) is 9.35 Å². The molecule has 26 heavy (non-hydrogen) atoms. The summed E-state index contributed by atoms with van der Waals surface area (Å²) < 4.78 is 35.9. The topological polar surface area (TPSA) is 80.7 Å². The number of ketones is 1. The van der Waals surface area contributed by atoms with Crippen LogP contribution < -0.4 is 29.6 Å². The first-order valence-electron chi connectivity index (χ1n) is 9.52. The Morgan fingerprint density at radius 3 is 2.46 bits per heavy atom. The van der Waals surface area contributed by atoms with Crippen molar-refractivity contribution in [2.75, 3.05) is 0 Å². The van der Waals surface area contributed by atoms with Gasteiger partial charge < -0.3 is 0 Å². The number of Topliss-reactive ketones (excluding diaryl/α,β-unsaturated/α-hetero) is 1. The fraction of sp³-hybridized carbons (Fsp3) is 0.842. The van der Waals surface area contributed by atoms with E-state index < -0.39 is 16.5 Å². The van der Waals surface area contributed by atoms with E-state index in [2.05, 4.69) is 19.9 Å². The summed E-state index contributed by atoms with van der Waals surface area (Å²) >= 11 is 0. The SMILES string of the molecule is C[C@]12CC[C@H](OS(=O)(=O)O)CC1=CC[C@@H]1[C@@H]2CC[C@]2(C)C(=O)CC[C@@H]12.[Na+]. The largest absolute Gasteiger partial charge is 1.00 e. The molecule has 0 radical (unpaired) electrons. The number of carbonyl (C=O) groups is 1. The Bertz CT molecular complexity index is 732. The minimum absolute atomic E-state index is 0. The third-order valence-electron chi connectivity index (χ3n) is 8.03. The molecule has 0 spiro atoms. The second-order valence-corrected chi connectivity index (χ2v) is 10.1. The van der Waals surface area contributed by atoms with Gasteiger partial charge in [0, 0.05) is 11.8 Å². The Morgan fingerprint density at radius 1 is 1.12 bits per heavy atom. The van der Waals surface area contributed by atoms with E-state index in [0.717, 1.165) is 38.5 Å². The molecule has 6 atom stereocenters. The number of hydrogen-bond acceptors (Lipinski definition) is 4. The fourth-order valence-corrected chi connectivity index (χ4v) is 7.16. The molecular weight excluding hydrogens is 363 g/mol. The molecule has 0 heterocycles. The Kier molecular flexibility index (Phi) is 5.62. The molecule has 0 aliphatic heterocycles. The monoisotopic (exact) mass is 391 g/mol. The normalized spacial score (nSPS) is 45.0. The van der Waals surface area contributed by atoms with Gasteiger partial charge in [0.2, 0.25) is 0 Å². The number of fused-ring (bicyclic) bond motifs is 5. The first-order chi connectivity index (χ1) is 11.6. The predicted octanol–water partition coefficient (Wildman–Crippen LogP) is 0.710. The maximum Gasteiger partial charge on any atom is 1.00 e. The first kappa shape index (κ1) is 21.0. The van der Waals surface area contributed by atoms with Crippen molar-refractivity contribution >= 4 is 16.2 Å². The van der Waals surface area contributed by atoms with Crippen molar-refractivity contribution < 1.29 is 51.5 Å². The van der Waals surface area contributed by atoms with Crippen molar-refractivity contribution in [3.05, 3.63) is 11.6 Å². The van der Waals surface area contributed by atoms with Crippen LogP contribution in [0.4, 0.5) is 0 Å². The molecule has 0 aromatic rings. The quantitative estimate of drug-likeness (QED) is 0.426. The van der Waals surface area contributed by atoms with E-state index in [-0.39, 0.29) is 40.4 Å². The van der Waals surface area contributed by atoms with Crippen molar-refractivity contribution in [2.45, 2.75) is 71.3 Å². The molecule has 1 N–H and O–H groups in total. The summed E-state index contributed by atoms with van der Waals surface area (Å²) in [5.74, 6) is 2.10. The van der Waals surface area contributed by atoms with Crippen molar-refractivity contribution in [3.63, 3.8) is 0 Å². The minimum atomic E-state index is -4.40. The average Bonchev–Trinajstić information content (AvgIpc) is 2.82. The minimum Gasteiger partial charge on any atom is -0.299 e. The second kappa shape index (κ2) is 6.96. The smallest absolute Gasteiger partial charge is 0.299 e. The van der Waals surface area contributed by atoms with Crippen LogP contribution in [0, 0.1) is 28.6 Å². The number of carbonyl (C=O) groups excluding carboxylic acids is 1. The van der Waals surface area contributed by atoms with Crippen LogP contribution in [0.3, 0.4) is 0 Å².